The Hall–Kier alpha value is -1.53. The van der Waals surface area contributed by atoms with Crippen LogP contribution in [-0.4, -0.2) is 28.0 Å². The van der Waals surface area contributed by atoms with Gasteiger partial charge in [0.2, 0.25) is 0 Å². The van der Waals surface area contributed by atoms with Crippen LogP contribution < -0.4 is 4.90 Å². The first-order chi connectivity index (χ1) is 10.8. The van der Waals surface area contributed by atoms with Gasteiger partial charge in [-0.1, -0.05) is 0 Å². The van der Waals surface area contributed by atoms with Gasteiger partial charge in [-0.15, -0.1) is 11.3 Å². The van der Waals surface area contributed by atoms with E-state index in [9.17, 15) is 0 Å². The fourth-order valence-corrected chi connectivity index (χ4v) is 4.18. The molecule has 0 aliphatic carbocycles. The normalized spacial score (nSPS) is 15.4. The van der Waals surface area contributed by atoms with E-state index in [1.54, 1.807) is 17.5 Å². The van der Waals surface area contributed by atoms with E-state index in [0.29, 0.717) is 0 Å². The fraction of sp³-hybridized carbons (Fsp3) is 0.312. The standard InChI is InChI=1S/C16H15BrN4S/c17-12-8-13-15(19-10-12)20-16(22-13)11-4-5-14(18-9-11)21-6-2-1-3-7-21/h4-5,8-10H,1-3,6-7H2. The van der Waals surface area contributed by atoms with Gasteiger partial charge in [-0.3, -0.25) is 0 Å². The van der Waals surface area contributed by atoms with Crippen LogP contribution in [0, 0.1) is 0 Å². The van der Waals surface area contributed by atoms with Gasteiger partial charge < -0.3 is 4.90 Å². The Morgan fingerprint density at radius 2 is 1.91 bits per heavy atom. The molecule has 0 N–H and O–H groups in total. The summed E-state index contributed by atoms with van der Waals surface area (Å²) in [5, 5.41) is 0.971. The van der Waals surface area contributed by atoms with Crippen LogP contribution in [0.2, 0.25) is 0 Å². The molecule has 0 saturated carbocycles. The minimum atomic E-state index is 0.795. The van der Waals surface area contributed by atoms with E-state index in [1.807, 2.05) is 6.20 Å². The van der Waals surface area contributed by atoms with Crippen LogP contribution in [0.5, 0.6) is 0 Å². The van der Waals surface area contributed by atoms with Crippen molar-refractivity contribution >= 4 is 43.4 Å². The minimum absolute atomic E-state index is 0.795. The lowest BCUT2D eigenvalue weighted by Gasteiger charge is -2.27. The number of aromatic nitrogens is 3. The predicted molar refractivity (Wildman–Crippen MR) is 94.4 cm³/mol. The lowest BCUT2D eigenvalue weighted by Crippen LogP contribution is -2.29. The van der Waals surface area contributed by atoms with Gasteiger partial charge in [-0.05, 0) is 53.4 Å². The summed E-state index contributed by atoms with van der Waals surface area (Å²) in [6.07, 6.45) is 7.58. The second kappa shape index (κ2) is 5.93. The molecule has 0 aromatic carbocycles. The Morgan fingerprint density at radius 3 is 2.68 bits per heavy atom. The van der Waals surface area contributed by atoms with E-state index >= 15 is 0 Å². The molecule has 3 aromatic rings. The molecule has 112 valence electrons. The molecule has 1 fully saturated rings. The molecule has 1 saturated heterocycles. The number of hydrogen-bond acceptors (Lipinski definition) is 5. The summed E-state index contributed by atoms with van der Waals surface area (Å²) in [5.41, 5.74) is 1.85. The van der Waals surface area contributed by atoms with Crippen LogP contribution in [0.4, 0.5) is 5.82 Å². The highest BCUT2D eigenvalue weighted by Gasteiger charge is 2.13. The zero-order valence-electron chi connectivity index (χ0n) is 12.0. The van der Waals surface area contributed by atoms with Crippen molar-refractivity contribution in [2.24, 2.45) is 0 Å². The summed E-state index contributed by atoms with van der Waals surface area (Å²) < 4.78 is 2.07. The Balaban J connectivity index is 1.63. The summed E-state index contributed by atoms with van der Waals surface area (Å²) in [7, 11) is 0. The molecule has 4 rings (SSSR count). The number of thiazole rings is 1. The number of halogens is 1. The Morgan fingerprint density at radius 1 is 1.05 bits per heavy atom. The lowest BCUT2D eigenvalue weighted by molar-refractivity contribution is 0.573. The van der Waals surface area contributed by atoms with Crippen molar-refractivity contribution in [1.82, 2.24) is 15.0 Å². The van der Waals surface area contributed by atoms with Crippen molar-refractivity contribution in [3.63, 3.8) is 0 Å². The molecular formula is C16H15BrN4S. The van der Waals surface area contributed by atoms with Crippen molar-refractivity contribution in [2.75, 3.05) is 18.0 Å². The molecule has 1 aliphatic rings. The van der Waals surface area contributed by atoms with E-state index in [4.69, 9.17) is 0 Å². The highest BCUT2D eigenvalue weighted by atomic mass is 79.9. The Kier molecular flexibility index (Phi) is 3.80. The van der Waals surface area contributed by atoms with E-state index in [-0.39, 0.29) is 0 Å². The number of rotatable bonds is 2. The molecule has 6 heteroatoms. The maximum atomic E-state index is 4.63. The molecule has 0 amide bonds. The predicted octanol–water partition coefficient (Wildman–Crippen LogP) is 4.51. The molecule has 4 nitrogen and oxygen atoms in total. The van der Waals surface area contributed by atoms with E-state index in [1.165, 1.54) is 19.3 Å². The maximum absolute atomic E-state index is 4.63. The van der Waals surface area contributed by atoms with E-state index in [0.717, 1.165) is 44.3 Å². The number of fused-ring (bicyclic) bond motifs is 1. The average Bonchev–Trinajstić information content (AvgIpc) is 2.99. The van der Waals surface area contributed by atoms with Crippen LogP contribution in [0.15, 0.2) is 35.1 Å². The van der Waals surface area contributed by atoms with E-state index < -0.39 is 0 Å². The van der Waals surface area contributed by atoms with Gasteiger partial charge in [-0.2, -0.15) is 0 Å². The highest BCUT2D eigenvalue weighted by Crippen LogP contribution is 2.31. The molecule has 0 bridgehead atoms. The molecule has 1 aliphatic heterocycles. The molecule has 0 unspecified atom stereocenters. The SMILES string of the molecule is Brc1cnc2nc(-c3ccc(N4CCCCC4)nc3)sc2c1. The minimum Gasteiger partial charge on any atom is -0.357 e. The fourth-order valence-electron chi connectivity index (χ4n) is 2.74. The molecule has 22 heavy (non-hydrogen) atoms. The first-order valence-electron chi connectivity index (χ1n) is 7.43. The van der Waals surface area contributed by atoms with Gasteiger partial charge in [0.05, 0.1) is 4.70 Å². The first-order valence-corrected chi connectivity index (χ1v) is 9.04. The maximum Gasteiger partial charge on any atom is 0.171 e. The largest absolute Gasteiger partial charge is 0.357 e. The quantitative estimate of drug-likeness (QED) is 0.661. The van der Waals surface area contributed by atoms with Gasteiger partial charge in [0.25, 0.3) is 0 Å². The van der Waals surface area contributed by atoms with Crippen molar-refractivity contribution in [1.29, 1.82) is 0 Å². The zero-order chi connectivity index (χ0) is 14.9. The molecule has 0 radical (unpaired) electrons. The van der Waals surface area contributed by atoms with Crippen LogP contribution in [-0.2, 0) is 0 Å². The Bertz CT molecular complexity index is 794. The van der Waals surface area contributed by atoms with Gasteiger partial charge >= 0.3 is 0 Å². The summed E-state index contributed by atoms with van der Waals surface area (Å²) in [6, 6.07) is 6.28. The van der Waals surface area contributed by atoms with Crippen LogP contribution in [0.1, 0.15) is 19.3 Å². The first kappa shape index (κ1) is 14.1. The van der Waals surface area contributed by atoms with Crippen molar-refractivity contribution in [2.45, 2.75) is 19.3 Å². The van der Waals surface area contributed by atoms with Gasteiger partial charge in [0, 0.05) is 35.5 Å². The van der Waals surface area contributed by atoms with Crippen LogP contribution >= 0.6 is 27.3 Å². The van der Waals surface area contributed by atoms with Gasteiger partial charge in [0.1, 0.15) is 10.8 Å². The molecule has 3 aromatic heterocycles. The number of nitrogens with zero attached hydrogens (tertiary/aromatic N) is 4. The monoisotopic (exact) mass is 374 g/mol. The third kappa shape index (κ3) is 2.73. The topological polar surface area (TPSA) is 41.9 Å². The molecule has 0 atom stereocenters. The van der Waals surface area contributed by atoms with E-state index in [2.05, 4.69) is 54.0 Å². The zero-order valence-corrected chi connectivity index (χ0v) is 14.4. The average molecular weight is 375 g/mol. The molecule has 0 spiro atoms. The smallest absolute Gasteiger partial charge is 0.171 e. The van der Waals surface area contributed by atoms with Gasteiger partial charge in [0.15, 0.2) is 5.65 Å². The number of pyridine rings is 2. The summed E-state index contributed by atoms with van der Waals surface area (Å²) >= 11 is 5.10. The second-order valence-electron chi connectivity index (χ2n) is 5.45. The van der Waals surface area contributed by atoms with Crippen LogP contribution in [0.3, 0.4) is 0 Å². The second-order valence-corrected chi connectivity index (χ2v) is 7.39. The van der Waals surface area contributed by atoms with Crippen molar-refractivity contribution in [3.8, 4) is 10.6 Å². The lowest BCUT2D eigenvalue weighted by atomic mass is 10.1. The van der Waals surface area contributed by atoms with Gasteiger partial charge in [-0.25, -0.2) is 15.0 Å². The third-order valence-electron chi connectivity index (χ3n) is 3.89. The molecule has 4 heterocycles. The third-order valence-corrected chi connectivity index (χ3v) is 5.36. The summed E-state index contributed by atoms with van der Waals surface area (Å²) in [5.74, 6) is 1.07. The van der Waals surface area contributed by atoms with Crippen molar-refractivity contribution in [3.05, 3.63) is 35.1 Å². The number of anilines is 1. The Labute approximate surface area is 141 Å². The van der Waals surface area contributed by atoms with Crippen LogP contribution in [0.25, 0.3) is 20.9 Å². The molecular weight excluding hydrogens is 360 g/mol. The van der Waals surface area contributed by atoms with Crippen molar-refractivity contribution < 1.29 is 0 Å². The number of piperidine rings is 1. The summed E-state index contributed by atoms with van der Waals surface area (Å²) in [4.78, 5) is 15.9. The summed E-state index contributed by atoms with van der Waals surface area (Å²) in [6.45, 7) is 2.23. The number of hydrogen-bond donors (Lipinski definition) is 0. The highest BCUT2D eigenvalue weighted by molar-refractivity contribution is 9.10.